The number of hydrogen-bond donors (Lipinski definition) is 0. The number of rotatable bonds is 2. The first-order valence-electron chi connectivity index (χ1n) is 5.04. The van der Waals surface area contributed by atoms with Gasteiger partial charge in [0.05, 0.1) is 0 Å². The van der Waals surface area contributed by atoms with Gasteiger partial charge in [0.2, 0.25) is 0 Å². The molecule has 0 atom stereocenters. The maximum Gasteiger partial charge on any atom is 0.115 e. The maximum atomic E-state index is 4.03. The van der Waals surface area contributed by atoms with Crippen molar-refractivity contribution in [2.75, 3.05) is 0 Å². The van der Waals surface area contributed by atoms with Crippen LogP contribution in [0.1, 0.15) is 31.7 Å². The number of nitrogens with zero attached hydrogens (tertiary/aromatic N) is 2. The van der Waals surface area contributed by atoms with Crippen LogP contribution in [0.3, 0.4) is 0 Å². The van der Waals surface area contributed by atoms with E-state index in [-0.39, 0.29) is 0 Å². The van der Waals surface area contributed by atoms with Crippen LogP contribution in [0.4, 0.5) is 0 Å². The molecule has 1 aliphatic carbocycles. The molecule has 0 bridgehead atoms. The number of allylic oxidation sites excluding steroid dienone is 4. The summed E-state index contributed by atoms with van der Waals surface area (Å²) in [4.78, 5) is 8.05. The average molecular weight is 186 g/mol. The van der Waals surface area contributed by atoms with Crippen LogP contribution in [0.5, 0.6) is 0 Å². The fraction of sp³-hybridized carbons (Fsp3) is 0.333. The SMILES string of the molecule is CCC1=CC=C(c2cncnc2)CC1. The summed E-state index contributed by atoms with van der Waals surface area (Å²) in [5.74, 6) is 0. The van der Waals surface area contributed by atoms with E-state index in [1.54, 1.807) is 6.33 Å². The Balaban J connectivity index is 2.22. The topological polar surface area (TPSA) is 25.8 Å². The molecule has 0 saturated carbocycles. The van der Waals surface area contributed by atoms with Gasteiger partial charge in [0.1, 0.15) is 6.33 Å². The van der Waals surface area contributed by atoms with E-state index in [9.17, 15) is 0 Å². The first kappa shape index (κ1) is 9.13. The van der Waals surface area contributed by atoms with Gasteiger partial charge in [-0.2, -0.15) is 0 Å². The fourth-order valence-electron chi connectivity index (χ4n) is 1.68. The predicted molar refractivity (Wildman–Crippen MR) is 57.6 cm³/mol. The van der Waals surface area contributed by atoms with Gasteiger partial charge >= 0.3 is 0 Å². The molecule has 0 radical (unpaired) electrons. The summed E-state index contributed by atoms with van der Waals surface area (Å²) in [7, 11) is 0. The Bertz CT molecular complexity index is 363. The van der Waals surface area contributed by atoms with Crippen molar-refractivity contribution < 1.29 is 0 Å². The normalized spacial score (nSPS) is 16.1. The molecule has 14 heavy (non-hydrogen) atoms. The van der Waals surface area contributed by atoms with Crippen LogP contribution in [0.15, 0.2) is 36.4 Å². The standard InChI is InChI=1S/C12H14N2/c1-2-10-3-5-11(6-4-10)12-7-13-9-14-8-12/h3,5,7-9H,2,4,6H2,1H3. The summed E-state index contributed by atoms with van der Waals surface area (Å²) >= 11 is 0. The van der Waals surface area contributed by atoms with Gasteiger partial charge in [-0.05, 0) is 24.8 Å². The highest BCUT2D eigenvalue weighted by Gasteiger charge is 2.06. The van der Waals surface area contributed by atoms with Gasteiger partial charge in [0, 0.05) is 18.0 Å². The Hall–Kier alpha value is -1.44. The maximum absolute atomic E-state index is 4.03. The Morgan fingerprint density at radius 2 is 1.93 bits per heavy atom. The van der Waals surface area contributed by atoms with Gasteiger partial charge in [-0.25, -0.2) is 9.97 Å². The van der Waals surface area contributed by atoms with Crippen LogP contribution < -0.4 is 0 Å². The molecule has 0 unspecified atom stereocenters. The lowest BCUT2D eigenvalue weighted by Crippen LogP contribution is -1.94. The van der Waals surface area contributed by atoms with Crippen molar-refractivity contribution in [2.24, 2.45) is 0 Å². The molecule has 0 amide bonds. The minimum Gasteiger partial charge on any atom is -0.244 e. The minimum atomic E-state index is 1.12. The molecule has 0 aromatic carbocycles. The van der Waals surface area contributed by atoms with Crippen LogP contribution in [0.25, 0.3) is 5.57 Å². The molecular formula is C12H14N2. The minimum absolute atomic E-state index is 1.12. The smallest absolute Gasteiger partial charge is 0.115 e. The second-order valence-corrected chi connectivity index (χ2v) is 3.50. The summed E-state index contributed by atoms with van der Waals surface area (Å²) in [6.45, 7) is 2.20. The molecule has 2 heteroatoms. The summed E-state index contributed by atoms with van der Waals surface area (Å²) in [5.41, 5.74) is 4.03. The second-order valence-electron chi connectivity index (χ2n) is 3.50. The molecule has 1 heterocycles. The van der Waals surface area contributed by atoms with Crippen molar-refractivity contribution >= 4 is 5.57 Å². The lowest BCUT2D eigenvalue weighted by molar-refractivity contribution is 0.904. The molecule has 0 saturated heterocycles. The zero-order valence-corrected chi connectivity index (χ0v) is 8.40. The molecular weight excluding hydrogens is 172 g/mol. The molecule has 1 aromatic rings. The van der Waals surface area contributed by atoms with Crippen molar-refractivity contribution in [1.29, 1.82) is 0 Å². The van der Waals surface area contributed by atoms with Crippen molar-refractivity contribution in [2.45, 2.75) is 26.2 Å². The van der Waals surface area contributed by atoms with E-state index in [2.05, 4.69) is 29.0 Å². The fourth-order valence-corrected chi connectivity index (χ4v) is 1.68. The molecule has 1 aliphatic rings. The Labute approximate surface area is 84.4 Å². The third-order valence-corrected chi connectivity index (χ3v) is 2.62. The predicted octanol–water partition coefficient (Wildman–Crippen LogP) is 2.99. The quantitative estimate of drug-likeness (QED) is 0.709. The monoisotopic (exact) mass is 186 g/mol. The third-order valence-electron chi connectivity index (χ3n) is 2.62. The van der Waals surface area contributed by atoms with Crippen molar-refractivity contribution in [3.8, 4) is 0 Å². The highest BCUT2D eigenvalue weighted by Crippen LogP contribution is 2.26. The van der Waals surface area contributed by atoms with E-state index < -0.39 is 0 Å². The largest absolute Gasteiger partial charge is 0.244 e. The second kappa shape index (κ2) is 4.18. The molecule has 0 aliphatic heterocycles. The van der Waals surface area contributed by atoms with Gasteiger partial charge < -0.3 is 0 Å². The van der Waals surface area contributed by atoms with E-state index in [1.165, 1.54) is 17.6 Å². The molecule has 2 rings (SSSR count). The first-order chi connectivity index (χ1) is 6.90. The van der Waals surface area contributed by atoms with Crippen LogP contribution in [-0.4, -0.2) is 9.97 Å². The summed E-state index contributed by atoms with van der Waals surface area (Å²) < 4.78 is 0. The molecule has 0 spiro atoms. The van der Waals surface area contributed by atoms with E-state index in [0.29, 0.717) is 0 Å². The summed E-state index contributed by atoms with van der Waals surface area (Å²) in [5, 5.41) is 0. The summed E-state index contributed by atoms with van der Waals surface area (Å²) in [6, 6.07) is 0. The van der Waals surface area contributed by atoms with E-state index in [1.807, 2.05) is 12.4 Å². The molecule has 72 valence electrons. The zero-order valence-electron chi connectivity index (χ0n) is 8.40. The van der Waals surface area contributed by atoms with Crippen LogP contribution in [-0.2, 0) is 0 Å². The van der Waals surface area contributed by atoms with Gasteiger partial charge in [0.25, 0.3) is 0 Å². The highest BCUT2D eigenvalue weighted by molar-refractivity contribution is 5.67. The van der Waals surface area contributed by atoms with Crippen molar-refractivity contribution in [3.63, 3.8) is 0 Å². The Morgan fingerprint density at radius 3 is 2.50 bits per heavy atom. The highest BCUT2D eigenvalue weighted by atomic mass is 14.8. The third kappa shape index (κ3) is 1.90. The van der Waals surface area contributed by atoms with Crippen LogP contribution in [0, 0.1) is 0 Å². The van der Waals surface area contributed by atoms with E-state index >= 15 is 0 Å². The Kier molecular flexibility index (Phi) is 2.73. The number of aromatic nitrogens is 2. The van der Waals surface area contributed by atoms with Gasteiger partial charge in [-0.3, -0.25) is 0 Å². The zero-order chi connectivity index (χ0) is 9.80. The number of hydrogen-bond acceptors (Lipinski definition) is 2. The van der Waals surface area contributed by atoms with Gasteiger partial charge in [0.15, 0.2) is 0 Å². The van der Waals surface area contributed by atoms with Gasteiger partial charge in [-0.1, -0.05) is 24.6 Å². The van der Waals surface area contributed by atoms with E-state index in [4.69, 9.17) is 0 Å². The molecule has 2 nitrogen and oxygen atoms in total. The summed E-state index contributed by atoms with van der Waals surface area (Å²) in [6.07, 6.45) is 13.2. The van der Waals surface area contributed by atoms with Gasteiger partial charge in [-0.15, -0.1) is 0 Å². The average Bonchev–Trinajstić information content (AvgIpc) is 2.30. The lowest BCUT2D eigenvalue weighted by Gasteiger charge is -2.12. The first-order valence-corrected chi connectivity index (χ1v) is 5.04. The van der Waals surface area contributed by atoms with Crippen molar-refractivity contribution in [3.05, 3.63) is 42.0 Å². The van der Waals surface area contributed by atoms with E-state index in [0.717, 1.165) is 18.4 Å². The van der Waals surface area contributed by atoms with Crippen molar-refractivity contribution in [1.82, 2.24) is 9.97 Å². The molecule has 0 fully saturated rings. The molecule has 0 N–H and O–H groups in total. The Morgan fingerprint density at radius 1 is 1.14 bits per heavy atom. The van der Waals surface area contributed by atoms with Crippen LogP contribution >= 0.6 is 0 Å². The van der Waals surface area contributed by atoms with Crippen LogP contribution in [0.2, 0.25) is 0 Å². The molecule has 1 aromatic heterocycles. The lowest BCUT2D eigenvalue weighted by atomic mass is 9.94.